The lowest BCUT2D eigenvalue weighted by Crippen LogP contribution is -2.32. The zero-order chi connectivity index (χ0) is 22.4. The van der Waals surface area contributed by atoms with Crippen molar-refractivity contribution in [3.8, 4) is 5.69 Å². The topological polar surface area (TPSA) is 93.9 Å². The predicted molar refractivity (Wildman–Crippen MR) is 117 cm³/mol. The van der Waals surface area contributed by atoms with Gasteiger partial charge in [0, 0.05) is 5.02 Å². The van der Waals surface area contributed by atoms with Crippen LogP contribution in [-0.2, 0) is 10.0 Å². The van der Waals surface area contributed by atoms with Crippen LogP contribution < -0.4 is 4.72 Å². The van der Waals surface area contributed by atoms with E-state index in [1.165, 1.54) is 29.8 Å². The van der Waals surface area contributed by atoms with Crippen molar-refractivity contribution in [2.24, 2.45) is 0 Å². The molecule has 158 valence electrons. The molecular formula is C18H14Cl4N4O3S. The largest absolute Gasteiger partial charge is 0.287 e. The summed E-state index contributed by atoms with van der Waals surface area (Å²) >= 11 is 24.2. The minimum absolute atomic E-state index is 0.0987. The van der Waals surface area contributed by atoms with Gasteiger partial charge in [-0.3, -0.25) is 4.79 Å². The van der Waals surface area contributed by atoms with Gasteiger partial charge in [-0.1, -0.05) is 51.6 Å². The van der Waals surface area contributed by atoms with E-state index in [1.54, 1.807) is 19.9 Å². The van der Waals surface area contributed by atoms with Gasteiger partial charge in [-0.25, -0.2) is 17.8 Å². The molecule has 0 radical (unpaired) electrons. The number of benzene rings is 2. The Morgan fingerprint density at radius 1 is 0.933 bits per heavy atom. The molecule has 1 amide bonds. The lowest BCUT2D eigenvalue weighted by molar-refractivity contribution is 0.0976. The lowest BCUT2D eigenvalue weighted by atomic mass is 10.2. The number of halogens is 4. The number of sulfonamides is 1. The molecular weight excluding hydrogens is 494 g/mol. The van der Waals surface area contributed by atoms with E-state index < -0.39 is 15.9 Å². The number of nitrogens with zero attached hydrogens (tertiary/aromatic N) is 3. The molecule has 0 aliphatic carbocycles. The summed E-state index contributed by atoms with van der Waals surface area (Å²) in [5, 5.41) is 8.67. The summed E-state index contributed by atoms with van der Waals surface area (Å²) in [7, 11) is -4.20. The van der Waals surface area contributed by atoms with Gasteiger partial charge in [0.05, 0.1) is 31.3 Å². The van der Waals surface area contributed by atoms with E-state index in [9.17, 15) is 13.2 Å². The van der Waals surface area contributed by atoms with E-state index in [-0.39, 0.29) is 36.4 Å². The Morgan fingerprint density at radius 3 is 2.23 bits per heavy atom. The quantitative estimate of drug-likeness (QED) is 0.505. The maximum Gasteiger partial charge on any atom is 0.287 e. The smallest absolute Gasteiger partial charge is 0.266 e. The van der Waals surface area contributed by atoms with Crippen LogP contribution in [0.1, 0.15) is 27.3 Å². The van der Waals surface area contributed by atoms with Gasteiger partial charge in [0.2, 0.25) is 0 Å². The highest BCUT2D eigenvalue weighted by Crippen LogP contribution is 2.31. The van der Waals surface area contributed by atoms with Gasteiger partial charge in [-0.2, -0.15) is 0 Å². The van der Waals surface area contributed by atoms with Crippen molar-refractivity contribution in [2.75, 3.05) is 0 Å². The summed E-state index contributed by atoms with van der Waals surface area (Å²) in [5.41, 5.74) is 1.35. The van der Waals surface area contributed by atoms with Crippen molar-refractivity contribution < 1.29 is 13.2 Å². The Labute approximate surface area is 192 Å². The van der Waals surface area contributed by atoms with Crippen molar-refractivity contribution in [3.05, 3.63) is 66.9 Å². The number of aryl methyl sites for hydroxylation is 1. The molecule has 0 bridgehead atoms. The summed E-state index contributed by atoms with van der Waals surface area (Å²) in [6, 6.07) is 5.95. The van der Waals surface area contributed by atoms with E-state index in [0.717, 1.165) is 0 Å². The number of hydrogen-bond acceptors (Lipinski definition) is 5. The van der Waals surface area contributed by atoms with Crippen molar-refractivity contribution >= 4 is 62.3 Å². The Morgan fingerprint density at radius 2 is 1.57 bits per heavy atom. The zero-order valence-corrected chi connectivity index (χ0v) is 19.6. The van der Waals surface area contributed by atoms with Crippen molar-refractivity contribution in [1.29, 1.82) is 0 Å². The molecule has 1 N–H and O–H groups in total. The minimum atomic E-state index is -4.20. The van der Waals surface area contributed by atoms with Crippen LogP contribution in [0.15, 0.2) is 29.2 Å². The fourth-order valence-corrected chi connectivity index (χ4v) is 4.99. The summed E-state index contributed by atoms with van der Waals surface area (Å²) < 4.78 is 28.8. The van der Waals surface area contributed by atoms with E-state index >= 15 is 0 Å². The van der Waals surface area contributed by atoms with Crippen LogP contribution in [0.2, 0.25) is 20.1 Å². The maximum absolute atomic E-state index is 12.8. The maximum atomic E-state index is 12.8. The summed E-state index contributed by atoms with van der Waals surface area (Å²) in [5.74, 6) is -0.952. The van der Waals surface area contributed by atoms with Crippen molar-refractivity contribution in [2.45, 2.75) is 25.7 Å². The first-order valence-corrected chi connectivity index (χ1v) is 11.3. The SMILES string of the molecule is Cc1cc(Cl)c(C)c(S(=O)(=O)NC(=O)c2nnn(-c3cc(Cl)c(Cl)cc3Cl)c2C)c1. The summed E-state index contributed by atoms with van der Waals surface area (Å²) in [6.45, 7) is 4.78. The van der Waals surface area contributed by atoms with Crippen LogP contribution in [0.4, 0.5) is 0 Å². The average molecular weight is 508 g/mol. The van der Waals surface area contributed by atoms with E-state index in [0.29, 0.717) is 16.8 Å². The molecule has 1 heterocycles. The summed E-state index contributed by atoms with van der Waals surface area (Å²) in [4.78, 5) is 12.6. The normalized spacial score (nSPS) is 11.6. The highest BCUT2D eigenvalue weighted by Gasteiger charge is 2.26. The molecule has 0 unspecified atom stereocenters. The molecule has 7 nitrogen and oxygen atoms in total. The molecule has 30 heavy (non-hydrogen) atoms. The molecule has 0 aliphatic heterocycles. The van der Waals surface area contributed by atoms with E-state index in [2.05, 4.69) is 10.3 Å². The fraction of sp³-hybridized carbons (Fsp3) is 0.167. The Bertz CT molecular complexity index is 1290. The van der Waals surface area contributed by atoms with Gasteiger partial charge in [-0.15, -0.1) is 5.10 Å². The van der Waals surface area contributed by atoms with Crippen molar-refractivity contribution in [1.82, 2.24) is 19.7 Å². The van der Waals surface area contributed by atoms with Crippen LogP contribution in [0, 0.1) is 20.8 Å². The molecule has 0 spiro atoms. The van der Waals surface area contributed by atoms with Gasteiger partial charge in [0.1, 0.15) is 0 Å². The lowest BCUT2D eigenvalue weighted by Gasteiger charge is -2.11. The first kappa shape index (κ1) is 22.8. The molecule has 1 aromatic heterocycles. The molecule has 0 aliphatic rings. The average Bonchev–Trinajstić information content (AvgIpc) is 3.02. The first-order valence-electron chi connectivity index (χ1n) is 8.33. The number of amides is 1. The third-order valence-corrected chi connectivity index (χ3v) is 7.16. The molecule has 12 heteroatoms. The highest BCUT2D eigenvalue weighted by molar-refractivity contribution is 7.90. The molecule has 0 saturated carbocycles. The van der Waals surface area contributed by atoms with Gasteiger partial charge >= 0.3 is 0 Å². The molecule has 0 fully saturated rings. The van der Waals surface area contributed by atoms with Crippen LogP contribution in [0.5, 0.6) is 0 Å². The Kier molecular flexibility index (Phi) is 6.36. The third kappa shape index (κ3) is 4.29. The van der Waals surface area contributed by atoms with Crippen LogP contribution >= 0.6 is 46.4 Å². The molecule has 3 aromatic rings. The second-order valence-corrected chi connectivity index (χ2v) is 9.74. The van der Waals surface area contributed by atoms with Crippen molar-refractivity contribution in [3.63, 3.8) is 0 Å². The first-order chi connectivity index (χ1) is 13.9. The minimum Gasteiger partial charge on any atom is -0.266 e. The highest BCUT2D eigenvalue weighted by atomic mass is 35.5. The Hall–Kier alpha value is -1.84. The van der Waals surface area contributed by atoms with Gasteiger partial charge in [0.25, 0.3) is 15.9 Å². The van der Waals surface area contributed by atoms with Gasteiger partial charge < -0.3 is 0 Å². The second kappa shape index (κ2) is 8.36. The van der Waals surface area contributed by atoms with E-state index in [1.807, 2.05) is 4.72 Å². The van der Waals surface area contributed by atoms with Crippen LogP contribution in [-0.4, -0.2) is 29.3 Å². The Balaban J connectivity index is 1.97. The number of aromatic nitrogens is 3. The third-order valence-electron chi connectivity index (χ3n) is 4.29. The van der Waals surface area contributed by atoms with Crippen LogP contribution in [0.25, 0.3) is 5.69 Å². The number of carbonyl (C=O) groups is 1. The van der Waals surface area contributed by atoms with E-state index in [4.69, 9.17) is 46.4 Å². The number of carbonyl (C=O) groups excluding carboxylic acids is 1. The van der Waals surface area contributed by atoms with Gasteiger partial charge in [-0.05, 0) is 56.2 Å². The molecule has 2 aromatic carbocycles. The molecule has 0 saturated heterocycles. The summed E-state index contributed by atoms with van der Waals surface area (Å²) in [6.07, 6.45) is 0. The zero-order valence-electron chi connectivity index (χ0n) is 15.8. The monoisotopic (exact) mass is 506 g/mol. The standard InChI is InChI=1S/C18H14Cl4N4O3S/c1-8-4-11(19)9(2)16(5-8)30(28,29)24-18(27)17-10(3)26(25-23-17)15-7-13(21)12(20)6-14(15)22/h4-7H,1-3H3,(H,24,27). The van der Waals surface area contributed by atoms with Crippen LogP contribution in [0.3, 0.4) is 0 Å². The second-order valence-electron chi connectivity index (χ2n) is 6.46. The van der Waals surface area contributed by atoms with Gasteiger partial charge in [0.15, 0.2) is 5.69 Å². The number of rotatable bonds is 4. The molecule has 3 rings (SSSR count). The number of hydrogen-bond donors (Lipinski definition) is 1. The molecule has 0 atom stereocenters. The fourth-order valence-electron chi connectivity index (χ4n) is 2.73. The predicted octanol–water partition coefficient (Wildman–Crippen LogP) is 4.92. The number of nitrogens with one attached hydrogen (secondary N) is 1.